The summed E-state index contributed by atoms with van der Waals surface area (Å²) < 4.78 is 6.24. The number of ether oxygens (including phenoxy) is 1. The summed E-state index contributed by atoms with van der Waals surface area (Å²) in [5.41, 5.74) is 0.163. The van der Waals surface area contributed by atoms with Gasteiger partial charge in [-0.15, -0.1) is 0 Å². The molecule has 0 aromatic carbocycles. The molecular weight excluding hydrogens is 292 g/mol. The molecule has 0 rings (SSSR count). The molecule has 0 heterocycles. The number of thioether (sulfide) groups is 3. The number of hydrogen-bond donors (Lipinski definition) is 0. The third-order valence-corrected chi connectivity index (χ3v) is 5.48. The average Bonchev–Trinajstić information content (AvgIpc) is 2.40. The Labute approximate surface area is 133 Å². The molecule has 0 aliphatic heterocycles. The van der Waals surface area contributed by atoms with Crippen molar-refractivity contribution in [3.8, 4) is 0 Å². The van der Waals surface area contributed by atoms with E-state index in [-0.39, 0.29) is 5.60 Å². The fourth-order valence-electron chi connectivity index (χ4n) is 2.51. The van der Waals surface area contributed by atoms with Crippen LogP contribution in [0.3, 0.4) is 0 Å². The lowest BCUT2D eigenvalue weighted by Crippen LogP contribution is -2.33. The number of rotatable bonds is 14. The van der Waals surface area contributed by atoms with Crippen LogP contribution in [0.4, 0.5) is 0 Å². The largest absolute Gasteiger partial charge is 0.375 e. The molecule has 0 bridgehead atoms. The van der Waals surface area contributed by atoms with Gasteiger partial charge >= 0.3 is 0 Å². The first-order valence-corrected chi connectivity index (χ1v) is 11.5. The van der Waals surface area contributed by atoms with Crippen LogP contribution < -0.4 is 0 Å². The summed E-state index contributed by atoms with van der Waals surface area (Å²) in [6.45, 7) is 3.00. The highest BCUT2D eigenvalue weighted by Gasteiger charge is 2.29. The molecule has 0 N–H and O–H groups in total. The van der Waals surface area contributed by atoms with Crippen LogP contribution in [0.1, 0.15) is 45.4 Å². The van der Waals surface area contributed by atoms with Crippen molar-refractivity contribution in [2.24, 2.45) is 0 Å². The second-order valence-corrected chi connectivity index (χ2v) is 7.86. The van der Waals surface area contributed by atoms with E-state index in [1.54, 1.807) is 0 Å². The maximum absolute atomic E-state index is 6.24. The summed E-state index contributed by atoms with van der Waals surface area (Å²) in [7, 11) is 0. The van der Waals surface area contributed by atoms with Crippen LogP contribution in [-0.2, 0) is 4.74 Å². The van der Waals surface area contributed by atoms with Gasteiger partial charge in [0.1, 0.15) is 0 Å². The van der Waals surface area contributed by atoms with Crippen LogP contribution >= 0.6 is 35.3 Å². The lowest BCUT2D eigenvalue weighted by atomic mass is 9.88. The van der Waals surface area contributed by atoms with Crippen molar-refractivity contribution in [1.29, 1.82) is 0 Å². The van der Waals surface area contributed by atoms with Crippen molar-refractivity contribution in [3.05, 3.63) is 0 Å². The molecular formula is C15H32OS3. The molecule has 0 aromatic heterocycles. The highest BCUT2D eigenvalue weighted by Crippen LogP contribution is 2.31. The zero-order chi connectivity index (χ0) is 14.4. The summed E-state index contributed by atoms with van der Waals surface area (Å²) in [5.74, 6) is 3.79. The van der Waals surface area contributed by atoms with Gasteiger partial charge in [0.25, 0.3) is 0 Å². The van der Waals surface area contributed by atoms with Crippen LogP contribution in [0.25, 0.3) is 0 Å². The molecule has 0 unspecified atom stereocenters. The van der Waals surface area contributed by atoms with E-state index in [0.29, 0.717) is 0 Å². The third-order valence-electron chi connectivity index (χ3n) is 3.39. The van der Waals surface area contributed by atoms with Crippen molar-refractivity contribution in [1.82, 2.24) is 0 Å². The van der Waals surface area contributed by atoms with Crippen LogP contribution in [0, 0.1) is 0 Å². The van der Waals surface area contributed by atoms with E-state index in [2.05, 4.69) is 25.7 Å². The Morgan fingerprint density at radius 3 is 1.37 bits per heavy atom. The molecule has 0 aliphatic rings. The van der Waals surface area contributed by atoms with Crippen molar-refractivity contribution >= 4 is 35.3 Å². The lowest BCUT2D eigenvalue weighted by Gasteiger charge is -2.34. The minimum absolute atomic E-state index is 0.163. The lowest BCUT2D eigenvalue weighted by molar-refractivity contribution is -0.0585. The van der Waals surface area contributed by atoms with E-state index in [0.717, 1.165) is 6.61 Å². The predicted octanol–water partition coefficient (Wildman–Crippen LogP) is 5.19. The topological polar surface area (TPSA) is 9.23 Å². The van der Waals surface area contributed by atoms with Crippen molar-refractivity contribution in [2.75, 3.05) is 42.6 Å². The van der Waals surface area contributed by atoms with E-state index in [1.807, 2.05) is 35.3 Å². The van der Waals surface area contributed by atoms with Gasteiger partial charge in [-0.2, -0.15) is 35.3 Å². The second kappa shape index (κ2) is 14.0. The molecule has 0 aliphatic carbocycles. The fourth-order valence-corrected chi connectivity index (χ4v) is 3.81. The Morgan fingerprint density at radius 2 is 1.11 bits per heavy atom. The van der Waals surface area contributed by atoms with E-state index < -0.39 is 0 Å². The Hall–Kier alpha value is 1.01. The van der Waals surface area contributed by atoms with E-state index in [1.165, 1.54) is 55.8 Å². The van der Waals surface area contributed by atoms with E-state index >= 15 is 0 Å². The first-order chi connectivity index (χ1) is 9.24. The van der Waals surface area contributed by atoms with Gasteiger partial charge in [-0.05, 0) is 81.5 Å². The molecule has 0 atom stereocenters. The van der Waals surface area contributed by atoms with Gasteiger partial charge in [-0.3, -0.25) is 0 Å². The predicted molar refractivity (Wildman–Crippen MR) is 97.2 cm³/mol. The molecule has 116 valence electrons. The SMILES string of the molecule is CCOC(CCCSC)(CCCSC)CCCSC. The molecule has 0 saturated carbocycles. The first kappa shape index (κ1) is 20.0. The molecule has 0 aromatic rings. The maximum atomic E-state index is 6.24. The van der Waals surface area contributed by atoms with Crippen LogP contribution in [-0.4, -0.2) is 48.2 Å². The molecule has 0 saturated heterocycles. The van der Waals surface area contributed by atoms with Crippen molar-refractivity contribution < 1.29 is 4.74 Å². The summed E-state index contributed by atoms with van der Waals surface area (Å²) in [5, 5.41) is 0. The van der Waals surface area contributed by atoms with Crippen molar-refractivity contribution in [2.45, 2.75) is 51.0 Å². The highest BCUT2D eigenvalue weighted by molar-refractivity contribution is 7.98. The van der Waals surface area contributed by atoms with Crippen molar-refractivity contribution in [3.63, 3.8) is 0 Å². The van der Waals surface area contributed by atoms with Gasteiger partial charge in [0, 0.05) is 6.61 Å². The second-order valence-electron chi connectivity index (χ2n) is 4.91. The number of hydrogen-bond acceptors (Lipinski definition) is 4. The molecule has 0 radical (unpaired) electrons. The van der Waals surface area contributed by atoms with Gasteiger partial charge in [0.15, 0.2) is 0 Å². The smallest absolute Gasteiger partial charge is 0.0683 e. The van der Waals surface area contributed by atoms with Gasteiger partial charge in [-0.1, -0.05) is 0 Å². The van der Waals surface area contributed by atoms with Crippen LogP contribution in [0.2, 0.25) is 0 Å². The summed E-state index contributed by atoms with van der Waals surface area (Å²) in [6, 6.07) is 0. The van der Waals surface area contributed by atoms with Crippen LogP contribution in [0.15, 0.2) is 0 Å². The summed E-state index contributed by atoms with van der Waals surface area (Å²) in [4.78, 5) is 0. The van der Waals surface area contributed by atoms with Gasteiger partial charge in [-0.25, -0.2) is 0 Å². The standard InChI is InChI=1S/C15H32OS3/c1-5-16-15(9-6-12-17-2,10-7-13-18-3)11-8-14-19-4/h5-14H2,1-4H3. The fraction of sp³-hybridized carbons (Fsp3) is 1.00. The van der Waals surface area contributed by atoms with E-state index in [9.17, 15) is 0 Å². The highest BCUT2D eigenvalue weighted by atomic mass is 32.2. The maximum Gasteiger partial charge on any atom is 0.0683 e. The Balaban J connectivity index is 4.37. The third kappa shape index (κ3) is 10.4. The molecule has 4 heteroatoms. The molecule has 0 fully saturated rings. The minimum atomic E-state index is 0.163. The first-order valence-electron chi connectivity index (χ1n) is 7.35. The quantitative estimate of drug-likeness (QED) is 0.406. The Kier molecular flexibility index (Phi) is 14.7. The minimum Gasteiger partial charge on any atom is -0.375 e. The molecule has 0 amide bonds. The average molecular weight is 325 g/mol. The zero-order valence-corrected chi connectivity index (χ0v) is 15.7. The van der Waals surface area contributed by atoms with Gasteiger partial charge in [0.05, 0.1) is 5.60 Å². The normalized spacial score (nSPS) is 12.0. The summed E-state index contributed by atoms with van der Waals surface area (Å²) in [6.07, 6.45) is 14.2. The Bertz CT molecular complexity index is 162. The van der Waals surface area contributed by atoms with E-state index in [4.69, 9.17) is 4.74 Å². The van der Waals surface area contributed by atoms with Gasteiger partial charge < -0.3 is 4.74 Å². The Morgan fingerprint density at radius 1 is 0.737 bits per heavy atom. The monoisotopic (exact) mass is 324 g/mol. The molecule has 0 spiro atoms. The zero-order valence-electron chi connectivity index (χ0n) is 13.2. The molecule has 19 heavy (non-hydrogen) atoms. The van der Waals surface area contributed by atoms with Crippen LogP contribution in [0.5, 0.6) is 0 Å². The molecule has 1 nitrogen and oxygen atoms in total. The summed E-state index contributed by atoms with van der Waals surface area (Å²) >= 11 is 5.86. The van der Waals surface area contributed by atoms with Gasteiger partial charge in [0.2, 0.25) is 0 Å².